The molecular weight excluding hydrogens is 260 g/mol. The van der Waals surface area contributed by atoms with Crippen LogP contribution in [0.5, 0.6) is 0 Å². The van der Waals surface area contributed by atoms with Gasteiger partial charge in [-0.1, -0.05) is 18.2 Å². The molecule has 1 aromatic rings. The fraction of sp³-hybridized carbons (Fsp3) is 0.500. The minimum absolute atomic E-state index is 0.128. The highest BCUT2D eigenvalue weighted by Crippen LogP contribution is 2.23. The number of methoxy groups -OCH3 is 1. The van der Waals surface area contributed by atoms with Crippen molar-refractivity contribution in [3.05, 3.63) is 39.9 Å². The van der Waals surface area contributed by atoms with Gasteiger partial charge < -0.3 is 4.74 Å². The largest absolute Gasteiger partial charge is 0.469 e. The third-order valence-corrected chi connectivity index (χ3v) is 3.62. The lowest BCUT2D eigenvalue weighted by molar-refractivity contribution is -0.385. The Balaban J connectivity index is 2.06. The summed E-state index contributed by atoms with van der Waals surface area (Å²) in [7, 11) is 1.39. The van der Waals surface area contributed by atoms with Gasteiger partial charge in [-0.25, -0.2) is 0 Å². The molecule has 1 atom stereocenters. The van der Waals surface area contributed by atoms with Crippen LogP contribution in [0.2, 0.25) is 0 Å². The molecule has 0 bridgehead atoms. The lowest BCUT2D eigenvalue weighted by atomic mass is 9.97. The zero-order valence-corrected chi connectivity index (χ0v) is 11.4. The van der Waals surface area contributed by atoms with E-state index >= 15 is 0 Å². The van der Waals surface area contributed by atoms with E-state index in [0.717, 1.165) is 19.4 Å². The first-order valence-electron chi connectivity index (χ1n) is 6.64. The molecule has 6 nitrogen and oxygen atoms in total. The van der Waals surface area contributed by atoms with Crippen LogP contribution in [0.3, 0.4) is 0 Å². The minimum Gasteiger partial charge on any atom is -0.469 e. The molecule has 1 aliphatic rings. The van der Waals surface area contributed by atoms with Gasteiger partial charge in [-0.15, -0.1) is 0 Å². The number of hydrogen-bond acceptors (Lipinski definition) is 5. The SMILES string of the molecule is COC(=O)C1CCCN(Cc2ccccc2[N+](=O)[O-])C1. The molecule has 1 aliphatic heterocycles. The van der Waals surface area contributed by atoms with Crippen LogP contribution in [0.1, 0.15) is 18.4 Å². The summed E-state index contributed by atoms with van der Waals surface area (Å²) in [6.07, 6.45) is 1.72. The number of hydrogen-bond donors (Lipinski definition) is 0. The Kier molecular flexibility index (Phi) is 4.68. The highest BCUT2D eigenvalue weighted by molar-refractivity contribution is 5.72. The molecule has 0 saturated carbocycles. The van der Waals surface area contributed by atoms with Crippen LogP contribution in [0, 0.1) is 16.0 Å². The highest BCUT2D eigenvalue weighted by atomic mass is 16.6. The number of rotatable bonds is 4. The molecule has 1 unspecified atom stereocenters. The van der Waals surface area contributed by atoms with Crippen LogP contribution in [0.25, 0.3) is 0 Å². The molecule has 0 N–H and O–H groups in total. The second kappa shape index (κ2) is 6.47. The zero-order valence-electron chi connectivity index (χ0n) is 11.4. The van der Waals surface area contributed by atoms with Gasteiger partial charge in [-0.2, -0.15) is 0 Å². The first-order chi connectivity index (χ1) is 9.61. The van der Waals surface area contributed by atoms with E-state index in [4.69, 9.17) is 4.74 Å². The number of para-hydroxylation sites is 1. The lowest BCUT2D eigenvalue weighted by Gasteiger charge is -2.31. The van der Waals surface area contributed by atoms with Gasteiger partial charge in [0.2, 0.25) is 0 Å². The second-order valence-electron chi connectivity index (χ2n) is 4.98. The average Bonchev–Trinajstić information content (AvgIpc) is 2.47. The zero-order chi connectivity index (χ0) is 14.5. The first kappa shape index (κ1) is 14.5. The quantitative estimate of drug-likeness (QED) is 0.478. The summed E-state index contributed by atoms with van der Waals surface area (Å²) in [5, 5.41) is 11.0. The molecular formula is C14H18N2O4. The molecule has 6 heteroatoms. The number of carbonyl (C=O) groups is 1. The van der Waals surface area contributed by atoms with Crippen LogP contribution >= 0.6 is 0 Å². The number of likely N-dealkylation sites (tertiary alicyclic amines) is 1. The maximum Gasteiger partial charge on any atom is 0.309 e. The number of piperidine rings is 1. The van der Waals surface area contributed by atoms with Crippen molar-refractivity contribution in [3.8, 4) is 0 Å². The third kappa shape index (κ3) is 3.33. The van der Waals surface area contributed by atoms with Gasteiger partial charge in [0.1, 0.15) is 0 Å². The van der Waals surface area contributed by atoms with Crippen molar-refractivity contribution in [2.45, 2.75) is 19.4 Å². The van der Waals surface area contributed by atoms with Gasteiger partial charge >= 0.3 is 5.97 Å². The summed E-state index contributed by atoms with van der Waals surface area (Å²) >= 11 is 0. The van der Waals surface area contributed by atoms with E-state index in [-0.39, 0.29) is 22.5 Å². The smallest absolute Gasteiger partial charge is 0.309 e. The standard InChI is InChI=1S/C14H18N2O4/c1-20-14(17)12-6-4-8-15(10-12)9-11-5-2-3-7-13(11)16(18)19/h2-3,5,7,12H,4,6,8-10H2,1H3. The lowest BCUT2D eigenvalue weighted by Crippen LogP contribution is -2.38. The van der Waals surface area contributed by atoms with Crippen molar-refractivity contribution >= 4 is 11.7 Å². The summed E-state index contributed by atoms with van der Waals surface area (Å²) in [6.45, 7) is 1.93. The molecule has 0 spiro atoms. The molecule has 0 amide bonds. The number of ether oxygens (including phenoxy) is 1. The van der Waals surface area contributed by atoms with Crippen molar-refractivity contribution in [3.63, 3.8) is 0 Å². The summed E-state index contributed by atoms with van der Waals surface area (Å²) < 4.78 is 4.78. The van der Waals surface area contributed by atoms with E-state index in [1.54, 1.807) is 18.2 Å². The number of nitrogens with zero attached hydrogens (tertiary/aromatic N) is 2. The topological polar surface area (TPSA) is 72.7 Å². The summed E-state index contributed by atoms with van der Waals surface area (Å²) in [5.41, 5.74) is 0.815. The van der Waals surface area contributed by atoms with E-state index < -0.39 is 0 Å². The Hall–Kier alpha value is -1.95. The van der Waals surface area contributed by atoms with E-state index in [1.807, 2.05) is 0 Å². The maximum absolute atomic E-state index is 11.6. The van der Waals surface area contributed by atoms with Crippen molar-refractivity contribution in [2.75, 3.05) is 20.2 Å². The number of nitro groups is 1. The fourth-order valence-electron chi connectivity index (χ4n) is 2.62. The van der Waals surface area contributed by atoms with Crippen LogP contribution in [-0.4, -0.2) is 36.0 Å². The number of nitro benzene ring substituents is 1. The van der Waals surface area contributed by atoms with E-state index in [1.165, 1.54) is 13.2 Å². The van der Waals surface area contributed by atoms with Crippen molar-refractivity contribution in [2.24, 2.45) is 5.92 Å². The highest BCUT2D eigenvalue weighted by Gasteiger charge is 2.27. The van der Waals surface area contributed by atoms with Crippen molar-refractivity contribution in [1.82, 2.24) is 4.90 Å². The summed E-state index contributed by atoms with van der Waals surface area (Å²) in [4.78, 5) is 24.3. The molecule has 20 heavy (non-hydrogen) atoms. The van der Waals surface area contributed by atoms with E-state index in [0.29, 0.717) is 18.7 Å². The van der Waals surface area contributed by atoms with Crippen molar-refractivity contribution < 1.29 is 14.5 Å². The van der Waals surface area contributed by atoms with Crippen LogP contribution in [0.15, 0.2) is 24.3 Å². The minimum atomic E-state index is -0.364. The molecule has 1 saturated heterocycles. The Labute approximate surface area is 117 Å². The van der Waals surface area contributed by atoms with E-state index in [2.05, 4.69) is 4.90 Å². The molecule has 1 heterocycles. The van der Waals surface area contributed by atoms with Gasteiger partial charge in [0.05, 0.1) is 18.0 Å². The normalized spacial score (nSPS) is 19.6. The van der Waals surface area contributed by atoms with Gasteiger partial charge in [0.15, 0.2) is 0 Å². The Morgan fingerprint density at radius 2 is 2.25 bits per heavy atom. The van der Waals surface area contributed by atoms with Gasteiger partial charge in [-0.3, -0.25) is 19.8 Å². The fourth-order valence-corrected chi connectivity index (χ4v) is 2.62. The third-order valence-electron chi connectivity index (χ3n) is 3.62. The summed E-state index contributed by atoms with van der Waals surface area (Å²) in [5.74, 6) is -0.325. The molecule has 108 valence electrons. The molecule has 0 aliphatic carbocycles. The van der Waals surface area contributed by atoms with Crippen LogP contribution in [0.4, 0.5) is 5.69 Å². The van der Waals surface area contributed by atoms with Crippen LogP contribution in [-0.2, 0) is 16.1 Å². The maximum atomic E-state index is 11.6. The monoisotopic (exact) mass is 278 g/mol. The number of esters is 1. The van der Waals surface area contributed by atoms with Gasteiger partial charge in [-0.05, 0) is 19.4 Å². The average molecular weight is 278 g/mol. The summed E-state index contributed by atoms with van der Waals surface area (Å²) in [6, 6.07) is 6.73. The molecule has 0 aromatic heterocycles. The van der Waals surface area contributed by atoms with Gasteiger partial charge in [0.25, 0.3) is 5.69 Å². The number of benzene rings is 1. The first-order valence-corrected chi connectivity index (χ1v) is 6.64. The molecule has 2 rings (SSSR count). The van der Waals surface area contributed by atoms with E-state index in [9.17, 15) is 14.9 Å². The molecule has 1 fully saturated rings. The predicted molar refractivity (Wildman–Crippen MR) is 73.1 cm³/mol. The Morgan fingerprint density at radius 3 is 2.95 bits per heavy atom. The predicted octanol–water partition coefficient (Wildman–Crippen LogP) is 1.98. The Bertz CT molecular complexity index is 504. The molecule has 1 aromatic carbocycles. The van der Waals surface area contributed by atoms with Crippen LogP contribution < -0.4 is 0 Å². The molecule has 0 radical (unpaired) electrons. The van der Waals surface area contributed by atoms with Gasteiger partial charge in [0, 0.05) is 24.7 Å². The number of carbonyl (C=O) groups excluding carboxylic acids is 1. The van der Waals surface area contributed by atoms with Crippen molar-refractivity contribution in [1.29, 1.82) is 0 Å². The Morgan fingerprint density at radius 1 is 1.50 bits per heavy atom. The second-order valence-corrected chi connectivity index (χ2v) is 4.98.